The highest BCUT2D eigenvalue weighted by atomic mass is 16.4. The van der Waals surface area contributed by atoms with Crippen LogP contribution in [-0.4, -0.2) is 41.6 Å². The van der Waals surface area contributed by atoms with E-state index in [1.54, 1.807) is 11.9 Å². The molecule has 5 nitrogen and oxygen atoms in total. The van der Waals surface area contributed by atoms with Gasteiger partial charge in [0.2, 0.25) is 0 Å². The van der Waals surface area contributed by atoms with E-state index in [9.17, 15) is 9.59 Å². The van der Waals surface area contributed by atoms with Crippen molar-refractivity contribution in [3.63, 3.8) is 0 Å². The smallest absolute Gasteiger partial charge is 0.326 e. The minimum Gasteiger partial charge on any atom is -0.480 e. The van der Waals surface area contributed by atoms with Gasteiger partial charge in [-0.05, 0) is 43.4 Å². The maximum atomic E-state index is 12.1. The molecule has 4 atom stereocenters. The highest BCUT2D eigenvalue weighted by Crippen LogP contribution is 2.48. The van der Waals surface area contributed by atoms with Gasteiger partial charge in [0.05, 0.1) is 0 Å². The number of hydrogen-bond acceptors (Lipinski definition) is 2. The summed E-state index contributed by atoms with van der Waals surface area (Å²) in [5.41, 5.74) is 0. The third-order valence-corrected chi connectivity index (χ3v) is 4.91. The van der Waals surface area contributed by atoms with Gasteiger partial charge in [-0.1, -0.05) is 19.8 Å². The molecular formula is C15H26N2O3. The Morgan fingerprint density at radius 3 is 2.60 bits per heavy atom. The molecule has 0 aromatic carbocycles. The van der Waals surface area contributed by atoms with Gasteiger partial charge >= 0.3 is 12.0 Å². The van der Waals surface area contributed by atoms with Gasteiger partial charge in [-0.2, -0.15) is 0 Å². The number of aliphatic carboxylic acids is 1. The first kappa shape index (κ1) is 15.1. The molecule has 5 heteroatoms. The molecule has 0 aromatic rings. The minimum atomic E-state index is -0.950. The number of carboxylic acids is 1. The summed E-state index contributed by atoms with van der Waals surface area (Å²) in [5, 5.41) is 11.7. The lowest BCUT2D eigenvalue weighted by molar-refractivity contribution is -0.139. The quantitative estimate of drug-likeness (QED) is 0.785. The van der Waals surface area contributed by atoms with Gasteiger partial charge in [-0.15, -0.1) is 0 Å². The number of carboxylic acid groups (broad SMARTS) is 1. The molecule has 2 N–H and O–H groups in total. The first-order valence-electron chi connectivity index (χ1n) is 7.75. The van der Waals surface area contributed by atoms with Crippen LogP contribution in [0.3, 0.4) is 0 Å². The van der Waals surface area contributed by atoms with Gasteiger partial charge in [0, 0.05) is 13.6 Å². The number of nitrogens with one attached hydrogen (secondary N) is 1. The summed E-state index contributed by atoms with van der Waals surface area (Å²) >= 11 is 0. The third kappa shape index (κ3) is 3.44. The van der Waals surface area contributed by atoms with E-state index in [1.165, 1.54) is 25.7 Å². The highest BCUT2D eigenvalue weighted by molar-refractivity contribution is 5.82. The summed E-state index contributed by atoms with van der Waals surface area (Å²) in [5.74, 6) is 1.31. The molecule has 0 radical (unpaired) electrons. The van der Waals surface area contributed by atoms with Crippen LogP contribution in [0.1, 0.15) is 45.4 Å². The summed E-state index contributed by atoms with van der Waals surface area (Å²) in [4.78, 5) is 24.8. The van der Waals surface area contributed by atoms with Crippen LogP contribution in [0.2, 0.25) is 0 Å². The minimum absolute atomic E-state index is 0.256. The van der Waals surface area contributed by atoms with Crippen LogP contribution in [-0.2, 0) is 4.79 Å². The Bertz CT molecular complexity index is 372. The van der Waals surface area contributed by atoms with Crippen LogP contribution in [0, 0.1) is 17.8 Å². The Morgan fingerprint density at radius 1 is 1.35 bits per heavy atom. The van der Waals surface area contributed by atoms with E-state index in [4.69, 9.17) is 5.11 Å². The van der Waals surface area contributed by atoms with Crippen molar-refractivity contribution in [2.24, 2.45) is 17.8 Å². The second kappa shape index (κ2) is 6.46. The maximum absolute atomic E-state index is 12.1. The van der Waals surface area contributed by atoms with Gasteiger partial charge in [-0.25, -0.2) is 9.59 Å². The Labute approximate surface area is 120 Å². The van der Waals surface area contributed by atoms with Crippen molar-refractivity contribution in [1.29, 1.82) is 0 Å². The van der Waals surface area contributed by atoms with Crippen molar-refractivity contribution in [3.05, 3.63) is 0 Å². The lowest BCUT2D eigenvalue weighted by Crippen LogP contribution is -2.48. The molecule has 2 fully saturated rings. The molecule has 2 rings (SSSR count). The van der Waals surface area contributed by atoms with Crippen molar-refractivity contribution < 1.29 is 14.7 Å². The Hall–Kier alpha value is -1.26. The summed E-state index contributed by atoms with van der Waals surface area (Å²) in [6.07, 6.45) is 6.44. The lowest BCUT2D eigenvalue weighted by Gasteiger charge is -2.28. The fraction of sp³-hybridized carbons (Fsp3) is 0.867. The number of nitrogens with zero attached hydrogens (tertiary/aromatic N) is 1. The molecule has 0 spiro atoms. The van der Waals surface area contributed by atoms with Crippen molar-refractivity contribution in [3.8, 4) is 0 Å². The molecule has 2 saturated carbocycles. The number of carbonyl (C=O) groups excluding carboxylic acids is 1. The predicted octanol–water partition coefficient (Wildman–Crippen LogP) is 2.32. The zero-order chi connectivity index (χ0) is 14.7. The molecule has 0 heterocycles. The predicted molar refractivity (Wildman–Crippen MR) is 76.4 cm³/mol. The van der Waals surface area contributed by atoms with Crippen molar-refractivity contribution >= 4 is 12.0 Å². The number of amides is 2. The van der Waals surface area contributed by atoms with E-state index in [0.717, 1.165) is 24.8 Å². The largest absolute Gasteiger partial charge is 0.480 e. The van der Waals surface area contributed by atoms with Crippen LogP contribution in [0.15, 0.2) is 0 Å². The molecule has 2 bridgehead atoms. The van der Waals surface area contributed by atoms with E-state index in [1.807, 2.05) is 6.92 Å². The first-order valence-corrected chi connectivity index (χ1v) is 7.75. The first-order chi connectivity index (χ1) is 9.51. The Balaban J connectivity index is 1.80. The Kier molecular flexibility index (Phi) is 4.89. The number of hydrogen-bond donors (Lipinski definition) is 2. The standard InChI is InChI=1S/C15H26N2O3/c1-3-4-13(14(18)19)16-15(20)17(2)9-12-8-10-5-6-11(12)7-10/h10-13H,3-9H2,1-2H3,(H,16,20)(H,18,19)/t10?,11?,12?,13-/m0/s1. The van der Waals surface area contributed by atoms with Crippen LogP contribution < -0.4 is 5.32 Å². The number of urea groups is 1. The van der Waals surface area contributed by atoms with E-state index in [0.29, 0.717) is 12.3 Å². The monoisotopic (exact) mass is 282 g/mol. The van der Waals surface area contributed by atoms with Gasteiger partial charge in [0.25, 0.3) is 0 Å². The average Bonchev–Trinajstić information content (AvgIpc) is 3.00. The SMILES string of the molecule is CCC[C@H](NC(=O)N(C)CC1CC2CCC1C2)C(=O)O. The highest BCUT2D eigenvalue weighted by Gasteiger charge is 2.40. The summed E-state index contributed by atoms with van der Waals surface area (Å²) in [6.45, 7) is 2.67. The van der Waals surface area contributed by atoms with Crippen LogP contribution in [0.5, 0.6) is 0 Å². The Morgan fingerprint density at radius 2 is 2.10 bits per heavy atom. The molecular weight excluding hydrogens is 256 g/mol. The molecule has 2 aliphatic carbocycles. The molecule has 0 aliphatic heterocycles. The zero-order valence-corrected chi connectivity index (χ0v) is 12.5. The normalized spacial score (nSPS) is 29.2. The van der Waals surface area contributed by atoms with E-state index < -0.39 is 12.0 Å². The molecule has 2 aliphatic rings. The second-order valence-electron chi connectivity index (χ2n) is 6.44. The number of carbonyl (C=O) groups is 2. The fourth-order valence-electron chi connectivity index (χ4n) is 3.84. The van der Waals surface area contributed by atoms with Crippen molar-refractivity contribution in [1.82, 2.24) is 10.2 Å². The van der Waals surface area contributed by atoms with E-state index in [-0.39, 0.29) is 6.03 Å². The van der Waals surface area contributed by atoms with Crippen LogP contribution >= 0.6 is 0 Å². The average molecular weight is 282 g/mol. The summed E-state index contributed by atoms with van der Waals surface area (Å²) < 4.78 is 0. The molecule has 2 amide bonds. The van der Waals surface area contributed by atoms with Crippen molar-refractivity contribution in [2.75, 3.05) is 13.6 Å². The summed E-state index contributed by atoms with van der Waals surface area (Å²) in [6, 6.07) is -1.02. The third-order valence-electron chi connectivity index (χ3n) is 4.91. The van der Waals surface area contributed by atoms with Gasteiger partial charge in [-0.3, -0.25) is 0 Å². The van der Waals surface area contributed by atoms with Crippen molar-refractivity contribution in [2.45, 2.75) is 51.5 Å². The van der Waals surface area contributed by atoms with Gasteiger partial charge in [0.1, 0.15) is 6.04 Å². The molecule has 114 valence electrons. The number of fused-ring (bicyclic) bond motifs is 2. The topological polar surface area (TPSA) is 69.6 Å². The fourth-order valence-corrected chi connectivity index (χ4v) is 3.84. The maximum Gasteiger partial charge on any atom is 0.326 e. The van der Waals surface area contributed by atoms with Gasteiger partial charge in [0.15, 0.2) is 0 Å². The lowest BCUT2D eigenvalue weighted by atomic mass is 9.88. The molecule has 3 unspecified atom stereocenters. The molecule has 0 aromatic heterocycles. The number of rotatable bonds is 6. The zero-order valence-electron chi connectivity index (χ0n) is 12.5. The molecule has 20 heavy (non-hydrogen) atoms. The van der Waals surface area contributed by atoms with E-state index in [2.05, 4.69) is 5.32 Å². The van der Waals surface area contributed by atoms with Gasteiger partial charge < -0.3 is 15.3 Å². The second-order valence-corrected chi connectivity index (χ2v) is 6.44. The van der Waals surface area contributed by atoms with E-state index >= 15 is 0 Å². The van der Waals surface area contributed by atoms with Crippen LogP contribution in [0.25, 0.3) is 0 Å². The summed E-state index contributed by atoms with van der Waals surface area (Å²) in [7, 11) is 1.77. The molecule has 0 saturated heterocycles. The van der Waals surface area contributed by atoms with Crippen LogP contribution in [0.4, 0.5) is 4.79 Å².